The van der Waals surface area contributed by atoms with Crippen LogP contribution < -0.4 is 48.2 Å². The quantitative estimate of drug-likeness (QED) is 0.0411. The molecule has 0 fully saturated rings. The number of aromatic nitrogens is 3. The number of pyridine rings is 3. The molecular weight excluding hydrogens is 1540 g/mol. The number of aromatic carboxylic acids is 1. The lowest BCUT2D eigenvalue weighted by Gasteiger charge is -2.19. The maximum absolute atomic E-state index is 12.3. The minimum absolute atomic E-state index is 0.0881. The average Bonchev–Trinajstić information content (AvgIpc) is 0.804. The van der Waals surface area contributed by atoms with E-state index in [0.29, 0.717) is 38.3 Å². The van der Waals surface area contributed by atoms with E-state index in [4.69, 9.17) is 81.7 Å². The molecule has 0 saturated carbocycles. The summed E-state index contributed by atoms with van der Waals surface area (Å²) in [6, 6.07) is 63.9. The number of hydrogen-bond donors (Lipinski definition) is 2. The van der Waals surface area contributed by atoms with Crippen LogP contribution in [-0.2, 0) is 9.23 Å². The molecule has 0 aliphatic rings. The fourth-order valence-corrected chi connectivity index (χ4v) is 11.5. The van der Waals surface area contributed by atoms with Crippen molar-refractivity contribution in [3.8, 4) is 85.5 Å². The molecule has 0 unspecified atom stereocenters. The van der Waals surface area contributed by atoms with Crippen LogP contribution in [-0.4, -0.2) is 114 Å². The van der Waals surface area contributed by atoms with Gasteiger partial charge in [0.1, 0.15) is 62.1 Å². The van der Waals surface area contributed by atoms with Crippen molar-refractivity contribution in [3.05, 3.63) is 261 Å². The summed E-state index contributed by atoms with van der Waals surface area (Å²) in [6.07, 6.45) is 0.626. The number of aromatic amines is 1. The van der Waals surface area contributed by atoms with Crippen molar-refractivity contribution in [1.29, 1.82) is 0 Å². The van der Waals surface area contributed by atoms with E-state index >= 15 is 0 Å². The number of carboxylic acid groups (broad SMARTS) is 1. The Morgan fingerprint density at radius 3 is 1.07 bits per heavy atom. The van der Waals surface area contributed by atoms with Gasteiger partial charge in [0, 0.05) is 73.0 Å². The van der Waals surface area contributed by atoms with Gasteiger partial charge in [0.25, 0.3) is 11.5 Å². The number of H-pyrrole nitrogens is 1. The lowest BCUT2D eigenvalue weighted by Crippen LogP contribution is -2.30. The third-order valence-corrected chi connectivity index (χ3v) is 16.9. The zero-order valence-corrected chi connectivity index (χ0v) is 70.2. The molecule has 3 heterocycles. The van der Waals surface area contributed by atoms with Crippen LogP contribution in [0.5, 0.6) is 51.7 Å². The molecule has 0 spiro atoms. The minimum Gasteiger partial charge on any atom is -0.497 e. The molecule has 3 aromatic heterocycles. The van der Waals surface area contributed by atoms with E-state index in [1.165, 1.54) is 6.07 Å². The Bertz CT molecular complexity index is 5070. The van der Waals surface area contributed by atoms with E-state index in [-0.39, 0.29) is 35.9 Å². The van der Waals surface area contributed by atoms with E-state index in [1.807, 2.05) is 245 Å². The van der Waals surface area contributed by atoms with Crippen LogP contribution in [0.4, 0.5) is 5.69 Å². The Kier molecular flexibility index (Phi) is 36.5. The number of nitrogens with one attached hydrogen (secondary N) is 1. The smallest absolute Gasteiger partial charge is 0.335 e. The van der Waals surface area contributed by atoms with E-state index in [0.717, 1.165) is 131 Å². The first kappa shape index (κ1) is 90.8. The van der Waals surface area contributed by atoms with Gasteiger partial charge in [-0.3, -0.25) is 9.59 Å². The fraction of sp³-hybridized carbons (Fsp3) is 0.258. The number of rotatable bonds is 20. The normalized spacial score (nSPS) is 10.5. The highest BCUT2D eigenvalue weighted by Gasteiger charge is 2.17. The van der Waals surface area contributed by atoms with Crippen molar-refractivity contribution in [1.82, 2.24) is 19.9 Å². The van der Waals surface area contributed by atoms with Crippen molar-refractivity contribution >= 4 is 104 Å². The van der Waals surface area contributed by atoms with Crippen molar-refractivity contribution < 1.29 is 61.5 Å². The van der Waals surface area contributed by atoms with Crippen molar-refractivity contribution in [2.75, 3.05) is 48.6 Å². The lowest BCUT2D eigenvalue weighted by atomic mass is 10.1. The highest BCUT2D eigenvalue weighted by molar-refractivity contribution is 8.26. The summed E-state index contributed by atoms with van der Waals surface area (Å²) < 4.78 is 57.3. The van der Waals surface area contributed by atoms with Crippen LogP contribution in [0.15, 0.2) is 211 Å². The topological polar surface area (TPSA) is 221 Å². The Morgan fingerprint density at radius 1 is 0.451 bits per heavy atom. The van der Waals surface area contributed by atoms with E-state index in [2.05, 4.69) is 41.2 Å². The Balaban J connectivity index is 0.000000213. The number of halogens is 4. The van der Waals surface area contributed by atoms with Gasteiger partial charge in [0.15, 0.2) is 5.69 Å². The summed E-state index contributed by atoms with van der Waals surface area (Å²) in [5.41, 5.74) is 8.61. The number of amides is 1. The first-order valence-corrected chi connectivity index (χ1v) is 39.5. The summed E-state index contributed by atoms with van der Waals surface area (Å²) in [4.78, 5) is 52.0. The van der Waals surface area contributed by atoms with E-state index < -0.39 is 15.2 Å². The molecule has 24 heteroatoms. The van der Waals surface area contributed by atoms with Crippen LogP contribution in [0.25, 0.3) is 70.9 Å². The molecule has 1 amide bonds. The summed E-state index contributed by atoms with van der Waals surface area (Å²) in [7, 11) is 15.5. The number of aryl methyl sites for hydroxylation is 2. The highest BCUT2D eigenvalue weighted by Crippen LogP contribution is 2.34. The van der Waals surface area contributed by atoms with Crippen LogP contribution in [0.3, 0.4) is 0 Å². The van der Waals surface area contributed by atoms with Gasteiger partial charge in [-0.2, -0.15) is 0 Å². The molecule has 12 aromatic rings. The van der Waals surface area contributed by atoms with Crippen LogP contribution >= 0.6 is 44.6 Å². The number of ether oxygens (including phenoxy) is 9. The molecule has 0 atom stereocenters. The second-order valence-corrected chi connectivity index (χ2v) is 29.2. The fourth-order valence-electron chi connectivity index (χ4n) is 11.0. The molecule has 113 heavy (non-hydrogen) atoms. The van der Waals surface area contributed by atoms with Crippen molar-refractivity contribution in [2.24, 2.45) is 0 Å². The van der Waals surface area contributed by atoms with Gasteiger partial charge in [-0.05, 0) is 310 Å². The highest BCUT2D eigenvalue weighted by atomic mass is 36.0. The summed E-state index contributed by atoms with van der Waals surface area (Å²) >= 11 is 12.7. The number of carbonyl (C=O) groups excluding carboxylic acids is 1. The molecule has 9 aromatic carbocycles. The molecule has 0 radical (unpaired) electrons. The first-order chi connectivity index (χ1) is 53.9. The van der Waals surface area contributed by atoms with Crippen molar-refractivity contribution in [3.63, 3.8) is 0 Å². The largest absolute Gasteiger partial charge is 0.497 e. The Hall–Kier alpha value is -11.1. The maximum atomic E-state index is 12.3. The van der Waals surface area contributed by atoms with Gasteiger partial charge < -0.3 is 57.6 Å². The zero-order chi connectivity index (χ0) is 83.0. The summed E-state index contributed by atoms with van der Waals surface area (Å²) in [5.74, 6) is 6.29. The lowest BCUT2D eigenvalue weighted by molar-refractivity contribution is 0.0694. The Morgan fingerprint density at radius 2 is 0.752 bits per heavy atom. The minimum atomic E-state index is -1.67. The van der Waals surface area contributed by atoms with E-state index in [1.54, 1.807) is 78.9 Å². The molecule has 594 valence electrons. The molecule has 0 aliphatic heterocycles. The molecule has 19 nitrogen and oxygen atoms in total. The second-order valence-electron chi connectivity index (χ2n) is 25.9. The van der Waals surface area contributed by atoms with Gasteiger partial charge in [0.2, 0.25) is 9.23 Å². The predicted molar refractivity (Wildman–Crippen MR) is 459 cm³/mol. The number of hydrogen-bond acceptors (Lipinski definition) is 15. The molecule has 12 rings (SSSR count). The van der Waals surface area contributed by atoms with Crippen molar-refractivity contribution in [2.45, 2.75) is 108 Å². The summed E-state index contributed by atoms with van der Waals surface area (Å²) in [6.45, 7) is 31.8. The third kappa shape index (κ3) is 28.6. The maximum Gasteiger partial charge on any atom is 0.335 e. The number of nitrogens with zero attached hydrogens (tertiary/aromatic N) is 4. The predicted octanol–water partition coefficient (Wildman–Crippen LogP) is 22.9. The third-order valence-electron chi connectivity index (χ3n) is 16.3. The molecule has 2 N–H and O–H groups in total. The average molecular weight is 1630 g/mol. The standard InChI is InChI=1S/2C19H18ClNO2.C19H19NO3.C13H19NO2.C10H11NO.C9H10O3.Cl2OS/c2*1-12(2)23-15-6-4-13(5-7-15)18-11-14-10-16(22-3)8-9-17(14)19(20)21-18;1-12(2)23-15-6-4-13(5-7-15)18-11-14-10-16(22-3)8-9-17(14)19(21)20-18;1-5-14(6-2)13(15)12-8-7-11(16-4)9-10(12)3;1-8(2)12-10-6-4-9(11-3)5-7-10;1-6-5-7(12-2)3-4-8(6)9(10)11;1-4(2)3/h2*4-12H,1-3H3;4-12H,1-3H3,(H,20,21);7-9H,5-6H2,1-4H3;4-8H,1-2H3;3-5H,1-2H3,(H,10,11);. The number of carboxylic acids is 1. The molecule has 0 aliphatic carbocycles. The zero-order valence-electron chi connectivity index (χ0n) is 66.3. The van der Waals surface area contributed by atoms with Gasteiger partial charge in [-0.1, -0.05) is 35.3 Å². The number of benzene rings is 9. The molecule has 0 saturated heterocycles. The van der Waals surface area contributed by atoms with E-state index in [9.17, 15) is 14.4 Å². The first-order valence-electron chi connectivity index (χ1n) is 35.9. The number of methoxy groups -OCH3 is 5. The van der Waals surface area contributed by atoms with Gasteiger partial charge in [-0.25, -0.2) is 23.8 Å². The SMILES string of the molecule is CCN(CC)C(=O)c1ccc(OC)cc1C.COc1ccc(C(=O)O)c(C)c1.COc1ccc2c(=O)[nH]c(-c3ccc(OC(C)C)cc3)cc2c1.COc1ccc2c(Cl)nc(-c3ccc(OC(C)C)cc3)cc2c1.COc1ccc2c(Cl)nc(-c3ccc(OC(C)C)cc3)cc2c1.O=S(Cl)Cl.[C-]#[N+]c1ccc(OC(C)C)cc1. The van der Waals surface area contributed by atoms with Gasteiger partial charge in [0.05, 0.1) is 83.5 Å². The van der Waals surface area contributed by atoms with Gasteiger partial charge in [-0.15, -0.1) is 0 Å². The Labute approximate surface area is 682 Å². The summed E-state index contributed by atoms with van der Waals surface area (Å²) in [5, 5.41) is 15.0. The number of fused-ring (bicyclic) bond motifs is 3. The van der Waals surface area contributed by atoms with Crippen LogP contribution in [0.1, 0.15) is 101 Å². The molecular formula is C89H95Cl4N5O14S. The van der Waals surface area contributed by atoms with Gasteiger partial charge >= 0.3 is 5.97 Å². The van der Waals surface area contributed by atoms with Crippen LogP contribution in [0, 0.1) is 20.4 Å². The van der Waals surface area contributed by atoms with Crippen LogP contribution in [0.2, 0.25) is 10.3 Å². The number of carbonyl (C=O) groups is 2. The second kappa shape index (κ2) is 45.5. The molecule has 0 bridgehead atoms. The monoisotopic (exact) mass is 1630 g/mol.